The SMILES string of the molecule is CCN(CC)CCCc1ccc(Oc2nc(Nc3ccc(N4CCN(C(C)C)CC4)cc3)ncc2C(=O)Nc2c(C)cccc2C)c(OC)c1. The maximum Gasteiger partial charge on any atom is 0.262 e. The van der Waals surface area contributed by atoms with Gasteiger partial charge in [-0.3, -0.25) is 9.69 Å². The van der Waals surface area contributed by atoms with E-state index in [4.69, 9.17) is 14.5 Å². The van der Waals surface area contributed by atoms with Crippen LogP contribution in [-0.4, -0.2) is 84.6 Å². The second-order valence-electron chi connectivity index (χ2n) is 13.1. The van der Waals surface area contributed by atoms with Crippen molar-refractivity contribution in [3.63, 3.8) is 0 Å². The summed E-state index contributed by atoms with van der Waals surface area (Å²) in [4.78, 5) is 30.3. The van der Waals surface area contributed by atoms with Crippen molar-refractivity contribution in [1.82, 2.24) is 19.8 Å². The van der Waals surface area contributed by atoms with Crippen molar-refractivity contribution in [3.05, 3.63) is 89.1 Å². The van der Waals surface area contributed by atoms with Gasteiger partial charge in [0.25, 0.3) is 5.91 Å². The molecule has 1 fully saturated rings. The third-order valence-corrected chi connectivity index (χ3v) is 9.52. The fourth-order valence-electron chi connectivity index (χ4n) is 6.34. The second-order valence-corrected chi connectivity index (χ2v) is 13.1. The number of ether oxygens (including phenoxy) is 2. The predicted octanol–water partition coefficient (Wildman–Crippen LogP) is 7.70. The molecule has 0 bridgehead atoms. The smallest absolute Gasteiger partial charge is 0.262 e. The number of para-hydroxylation sites is 1. The van der Waals surface area contributed by atoms with Crippen LogP contribution in [0, 0.1) is 13.8 Å². The molecule has 266 valence electrons. The molecule has 1 saturated heterocycles. The molecular formula is C40H53N7O3. The third-order valence-electron chi connectivity index (χ3n) is 9.52. The summed E-state index contributed by atoms with van der Waals surface area (Å²) < 4.78 is 12.1. The number of amides is 1. The summed E-state index contributed by atoms with van der Waals surface area (Å²) in [6.45, 7) is 20.1. The lowest BCUT2D eigenvalue weighted by atomic mass is 10.1. The molecule has 1 aromatic heterocycles. The number of aromatic nitrogens is 2. The number of hydrogen-bond donors (Lipinski definition) is 2. The van der Waals surface area contributed by atoms with Crippen LogP contribution >= 0.6 is 0 Å². The summed E-state index contributed by atoms with van der Waals surface area (Å²) >= 11 is 0. The molecule has 2 N–H and O–H groups in total. The predicted molar refractivity (Wildman–Crippen MR) is 204 cm³/mol. The number of anilines is 4. The number of rotatable bonds is 15. The first-order chi connectivity index (χ1) is 24.2. The zero-order valence-corrected chi connectivity index (χ0v) is 30.8. The minimum Gasteiger partial charge on any atom is -0.493 e. The van der Waals surface area contributed by atoms with Crippen LogP contribution in [-0.2, 0) is 6.42 Å². The molecule has 10 nitrogen and oxygen atoms in total. The number of methoxy groups -OCH3 is 1. The van der Waals surface area contributed by atoms with E-state index in [2.05, 4.69) is 70.1 Å². The second kappa shape index (κ2) is 17.3. The highest BCUT2D eigenvalue weighted by Crippen LogP contribution is 2.34. The fourth-order valence-corrected chi connectivity index (χ4v) is 6.34. The molecular weight excluding hydrogens is 626 g/mol. The zero-order valence-electron chi connectivity index (χ0n) is 30.8. The average Bonchev–Trinajstić information content (AvgIpc) is 3.12. The van der Waals surface area contributed by atoms with Gasteiger partial charge in [-0.05, 0) is 113 Å². The highest BCUT2D eigenvalue weighted by Gasteiger charge is 2.22. The Kier molecular flexibility index (Phi) is 12.7. The minimum atomic E-state index is -0.363. The van der Waals surface area contributed by atoms with Crippen molar-refractivity contribution in [2.75, 3.05) is 68.5 Å². The summed E-state index contributed by atoms with van der Waals surface area (Å²) in [5.41, 5.74) is 6.06. The summed E-state index contributed by atoms with van der Waals surface area (Å²) in [6.07, 6.45) is 3.47. The first kappa shape index (κ1) is 36.6. The van der Waals surface area contributed by atoms with Gasteiger partial charge in [-0.15, -0.1) is 0 Å². The van der Waals surface area contributed by atoms with Gasteiger partial charge in [-0.2, -0.15) is 4.98 Å². The lowest BCUT2D eigenvalue weighted by Gasteiger charge is -2.38. The Morgan fingerprint density at radius 2 is 1.64 bits per heavy atom. The van der Waals surface area contributed by atoms with E-state index >= 15 is 0 Å². The van der Waals surface area contributed by atoms with Gasteiger partial charge < -0.3 is 29.9 Å². The Morgan fingerprint density at radius 1 is 0.940 bits per heavy atom. The summed E-state index contributed by atoms with van der Waals surface area (Å²) in [5, 5.41) is 6.35. The van der Waals surface area contributed by atoms with Gasteiger partial charge in [0.2, 0.25) is 11.8 Å². The van der Waals surface area contributed by atoms with E-state index in [0.717, 1.165) is 86.7 Å². The van der Waals surface area contributed by atoms with E-state index in [1.807, 2.05) is 62.4 Å². The van der Waals surface area contributed by atoms with Crippen molar-refractivity contribution in [2.45, 2.75) is 60.4 Å². The fraction of sp³-hybridized carbons (Fsp3) is 0.425. The van der Waals surface area contributed by atoms with Crippen molar-refractivity contribution >= 4 is 28.9 Å². The minimum absolute atomic E-state index is 0.124. The molecule has 10 heteroatoms. The van der Waals surface area contributed by atoms with Gasteiger partial charge in [-0.1, -0.05) is 38.1 Å². The van der Waals surface area contributed by atoms with E-state index < -0.39 is 0 Å². The van der Waals surface area contributed by atoms with E-state index in [0.29, 0.717) is 23.5 Å². The van der Waals surface area contributed by atoms with Crippen LogP contribution in [0.5, 0.6) is 17.4 Å². The largest absolute Gasteiger partial charge is 0.493 e. The monoisotopic (exact) mass is 679 g/mol. The van der Waals surface area contributed by atoms with Crippen LogP contribution in [0.1, 0.15) is 61.2 Å². The maximum atomic E-state index is 13.7. The molecule has 50 heavy (non-hydrogen) atoms. The Labute approximate surface area is 297 Å². The lowest BCUT2D eigenvalue weighted by Crippen LogP contribution is -2.48. The normalized spacial score (nSPS) is 13.5. The third kappa shape index (κ3) is 9.31. The molecule has 1 amide bonds. The van der Waals surface area contributed by atoms with Crippen molar-refractivity contribution in [2.24, 2.45) is 0 Å². The standard InChI is InChI=1S/C40H53N7O3/c1-8-45(9-2)21-11-14-31-15-20-35(36(26-31)49-7)50-39-34(38(48)43-37-29(5)12-10-13-30(37)6)27-41-40(44-39)42-32-16-18-33(19-17-32)47-24-22-46(23-25-47)28(3)4/h10,12-13,15-20,26-28H,8-9,11,14,21-25H2,1-7H3,(H,43,48)(H,41,42,44). The lowest BCUT2D eigenvalue weighted by molar-refractivity contribution is 0.102. The van der Waals surface area contributed by atoms with Gasteiger partial charge in [-0.25, -0.2) is 4.98 Å². The molecule has 1 aliphatic rings. The van der Waals surface area contributed by atoms with Crippen molar-refractivity contribution in [1.29, 1.82) is 0 Å². The van der Waals surface area contributed by atoms with Gasteiger partial charge >= 0.3 is 0 Å². The van der Waals surface area contributed by atoms with Gasteiger partial charge in [0.1, 0.15) is 5.56 Å². The summed E-state index contributed by atoms with van der Waals surface area (Å²) in [5.74, 6) is 1.11. The van der Waals surface area contributed by atoms with Crippen LogP contribution in [0.25, 0.3) is 0 Å². The van der Waals surface area contributed by atoms with E-state index in [9.17, 15) is 4.79 Å². The highest BCUT2D eigenvalue weighted by atomic mass is 16.5. The number of aryl methyl sites for hydroxylation is 3. The Balaban J connectivity index is 1.37. The van der Waals surface area contributed by atoms with Crippen molar-refractivity contribution in [3.8, 4) is 17.4 Å². The molecule has 2 heterocycles. The van der Waals surface area contributed by atoms with E-state index in [-0.39, 0.29) is 17.4 Å². The van der Waals surface area contributed by atoms with E-state index in [1.54, 1.807) is 7.11 Å². The molecule has 5 rings (SSSR count). The molecule has 3 aromatic carbocycles. The molecule has 0 aliphatic carbocycles. The van der Waals surface area contributed by atoms with E-state index in [1.165, 1.54) is 11.9 Å². The highest BCUT2D eigenvalue weighted by molar-refractivity contribution is 6.06. The first-order valence-corrected chi connectivity index (χ1v) is 17.9. The van der Waals surface area contributed by atoms with Gasteiger partial charge in [0.05, 0.1) is 7.11 Å². The molecule has 0 saturated carbocycles. The van der Waals surface area contributed by atoms with Crippen molar-refractivity contribution < 1.29 is 14.3 Å². The molecule has 0 spiro atoms. The quantitative estimate of drug-likeness (QED) is 0.131. The zero-order chi connectivity index (χ0) is 35.6. The number of benzene rings is 3. The molecule has 0 atom stereocenters. The number of nitrogens with zero attached hydrogens (tertiary/aromatic N) is 5. The summed E-state index contributed by atoms with van der Waals surface area (Å²) in [7, 11) is 1.62. The first-order valence-electron chi connectivity index (χ1n) is 17.9. The van der Waals surface area contributed by atoms with Gasteiger partial charge in [0, 0.05) is 55.5 Å². The molecule has 4 aromatic rings. The molecule has 0 unspecified atom stereocenters. The Hall–Kier alpha value is -4.67. The van der Waals surface area contributed by atoms with Crippen LogP contribution in [0.3, 0.4) is 0 Å². The number of piperazine rings is 1. The Bertz CT molecular complexity index is 1690. The number of nitrogens with one attached hydrogen (secondary N) is 2. The van der Waals surface area contributed by atoms with Gasteiger partial charge in [0.15, 0.2) is 11.5 Å². The van der Waals surface area contributed by atoms with Crippen LogP contribution in [0.2, 0.25) is 0 Å². The topological polar surface area (TPSA) is 95.1 Å². The van der Waals surface area contributed by atoms with Crippen LogP contribution in [0.15, 0.2) is 66.9 Å². The number of hydrogen-bond acceptors (Lipinski definition) is 9. The number of carbonyl (C=O) groups excluding carboxylic acids is 1. The molecule has 0 radical (unpaired) electrons. The molecule has 1 aliphatic heterocycles. The average molecular weight is 680 g/mol. The van der Waals surface area contributed by atoms with Crippen LogP contribution < -0.4 is 25.0 Å². The Morgan fingerprint density at radius 3 is 2.28 bits per heavy atom. The van der Waals surface area contributed by atoms with Crippen LogP contribution in [0.4, 0.5) is 23.0 Å². The number of carbonyl (C=O) groups is 1. The maximum absolute atomic E-state index is 13.7. The summed E-state index contributed by atoms with van der Waals surface area (Å²) in [6, 6.07) is 20.7.